The highest BCUT2D eigenvalue weighted by atomic mass is 16.3. The summed E-state index contributed by atoms with van der Waals surface area (Å²) >= 11 is 0. The molecule has 0 radical (unpaired) electrons. The lowest BCUT2D eigenvalue weighted by Crippen LogP contribution is -2.00. The Kier molecular flexibility index (Phi) is 6.03. The molecule has 6 aromatic carbocycles. The van der Waals surface area contributed by atoms with Gasteiger partial charge in [-0.05, 0) is 48.0 Å². The van der Waals surface area contributed by atoms with E-state index in [9.17, 15) is 0 Å². The van der Waals surface area contributed by atoms with E-state index in [0.29, 0.717) is 23.4 Å². The van der Waals surface area contributed by atoms with Gasteiger partial charge in [-0.3, -0.25) is 0 Å². The molecule has 0 bridgehead atoms. The Balaban J connectivity index is 1.15. The molecule has 9 rings (SSSR count). The first-order valence-electron chi connectivity index (χ1n) is 15.1. The molecule has 0 N–H and O–H groups in total. The predicted molar refractivity (Wildman–Crippen MR) is 182 cm³/mol. The minimum absolute atomic E-state index is 0.586. The second-order valence-electron chi connectivity index (χ2n) is 11.1. The van der Waals surface area contributed by atoms with E-state index in [1.54, 1.807) is 0 Å². The van der Waals surface area contributed by atoms with Crippen LogP contribution in [0.5, 0.6) is 0 Å². The van der Waals surface area contributed by atoms with Crippen LogP contribution < -0.4 is 0 Å². The molecule has 0 unspecified atom stereocenters. The fourth-order valence-electron chi connectivity index (χ4n) is 5.91. The normalized spacial score (nSPS) is 11.5. The van der Waals surface area contributed by atoms with Crippen LogP contribution in [0, 0.1) is 0 Å². The number of para-hydroxylation sites is 1. The van der Waals surface area contributed by atoms with Gasteiger partial charge < -0.3 is 8.83 Å². The summed E-state index contributed by atoms with van der Waals surface area (Å²) in [5.41, 5.74) is 8.84. The van der Waals surface area contributed by atoms with Gasteiger partial charge in [-0.1, -0.05) is 103 Å². The molecule has 6 heteroatoms. The molecule has 216 valence electrons. The zero-order chi connectivity index (χ0) is 30.5. The van der Waals surface area contributed by atoms with Crippen molar-refractivity contribution in [3.63, 3.8) is 0 Å². The molecule has 0 aliphatic rings. The highest BCUT2D eigenvalue weighted by Gasteiger charge is 2.17. The maximum atomic E-state index is 6.38. The number of oxazole rings is 1. The van der Waals surface area contributed by atoms with Crippen LogP contribution in [0.25, 0.3) is 89.8 Å². The minimum atomic E-state index is 0.586. The number of furan rings is 1. The summed E-state index contributed by atoms with van der Waals surface area (Å²) in [6.45, 7) is 0. The van der Waals surface area contributed by atoms with E-state index in [1.807, 2.05) is 121 Å². The topological polar surface area (TPSA) is 77.8 Å². The highest BCUT2D eigenvalue weighted by molar-refractivity contribution is 6.08. The monoisotopic (exact) mass is 592 g/mol. The van der Waals surface area contributed by atoms with Crippen LogP contribution >= 0.6 is 0 Å². The third kappa shape index (κ3) is 4.52. The van der Waals surface area contributed by atoms with Crippen LogP contribution in [0.3, 0.4) is 0 Å². The van der Waals surface area contributed by atoms with E-state index in [1.165, 1.54) is 0 Å². The summed E-state index contributed by atoms with van der Waals surface area (Å²) in [4.78, 5) is 19.5. The summed E-state index contributed by atoms with van der Waals surface area (Å²) in [7, 11) is 0. The Hall–Kier alpha value is -6.40. The molecule has 3 aromatic heterocycles. The van der Waals surface area contributed by atoms with Gasteiger partial charge in [-0.2, -0.15) is 0 Å². The predicted octanol–water partition coefficient (Wildman–Crippen LogP) is 10.2. The van der Waals surface area contributed by atoms with Crippen molar-refractivity contribution in [3.8, 4) is 56.7 Å². The molecule has 0 saturated carbocycles. The number of nitrogens with zero attached hydrogens (tertiary/aromatic N) is 4. The summed E-state index contributed by atoms with van der Waals surface area (Å²) < 4.78 is 12.5. The lowest BCUT2D eigenvalue weighted by atomic mass is 10.0. The van der Waals surface area contributed by atoms with E-state index in [-0.39, 0.29) is 0 Å². The molecule has 9 aromatic rings. The quantitative estimate of drug-likeness (QED) is 0.198. The summed E-state index contributed by atoms with van der Waals surface area (Å²) in [6.07, 6.45) is 0. The summed E-state index contributed by atoms with van der Waals surface area (Å²) in [6, 6.07) is 48.4. The second-order valence-corrected chi connectivity index (χ2v) is 11.1. The van der Waals surface area contributed by atoms with Crippen molar-refractivity contribution in [2.75, 3.05) is 0 Å². The Morgan fingerprint density at radius 1 is 0.348 bits per heavy atom. The van der Waals surface area contributed by atoms with E-state index in [4.69, 9.17) is 28.8 Å². The van der Waals surface area contributed by atoms with Gasteiger partial charge in [0.2, 0.25) is 5.89 Å². The fourth-order valence-corrected chi connectivity index (χ4v) is 5.91. The minimum Gasteiger partial charge on any atom is -0.456 e. The molecule has 0 aliphatic carbocycles. The third-order valence-electron chi connectivity index (χ3n) is 8.18. The van der Waals surface area contributed by atoms with Gasteiger partial charge in [0, 0.05) is 38.6 Å². The number of hydrogen-bond acceptors (Lipinski definition) is 6. The van der Waals surface area contributed by atoms with Crippen LogP contribution in [-0.2, 0) is 0 Å². The van der Waals surface area contributed by atoms with Crippen molar-refractivity contribution in [2.24, 2.45) is 0 Å². The summed E-state index contributed by atoms with van der Waals surface area (Å²) in [5, 5.41) is 2.03. The smallest absolute Gasteiger partial charge is 0.227 e. The third-order valence-corrected chi connectivity index (χ3v) is 8.18. The second kappa shape index (κ2) is 10.6. The first-order valence-corrected chi connectivity index (χ1v) is 15.1. The molecule has 0 fully saturated rings. The van der Waals surface area contributed by atoms with Crippen molar-refractivity contribution >= 4 is 33.0 Å². The number of aromatic nitrogens is 4. The standard InChI is InChI=1S/C40H24N4O2/c1-4-11-25(12-5-1)37-42-38(26-13-6-2-7-14-26)44-39(43-37)29-19-21-31-32-23-28(20-22-33(32)45-35(31)24-29)30-17-10-18-34-36(30)41-40(46-34)27-15-8-3-9-16-27/h1-24H. The van der Waals surface area contributed by atoms with Crippen molar-refractivity contribution in [1.29, 1.82) is 0 Å². The largest absolute Gasteiger partial charge is 0.456 e. The van der Waals surface area contributed by atoms with Gasteiger partial charge >= 0.3 is 0 Å². The first-order chi connectivity index (χ1) is 22.8. The maximum absolute atomic E-state index is 6.38. The van der Waals surface area contributed by atoms with E-state index in [0.717, 1.165) is 66.4 Å². The Morgan fingerprint density at radius 2 is 0.957 bits per heavy atom. The van der Waals surface area contributed by atoms with Crippen LogP contribution in [0.4, 0.5) is 0 Å². The lowest BCUT2D eigenvalue weighted by Gasteiger charge is -2.08. The van der Waals surface area contributed by atoms with Crippen LogP contribution in [0.2, 0.25) is 0 Å². The Labute approximate surface area is 263 Å². The fraction of sp³-hybridized carbons (Fsp3) is 0. The lowest BCUT2D eigenvalue weighted by molar-refractivity contribution is 0.620. The molecule has 0 aliphatic heterocycles. The van der Waals surface area contributed by atoms with Gasteiger partial charge in [-0.25, -0.2) is 19.9 Å². The van der Waals surface area contributed by atoms with E-state index < -0.39 is 0 Å². The molecule has 6 nitrogen and oxygen atoms in total. The molecule has 3 heterocycles. The average molecular weight is 593 g/mol. The number of hydrogen-bond donors (Lipinski definition) is 0. The van der Waals surface area contributed by atoms with Crippen LogP contribution in [-0.4, -0.2) is 19.9 Å². The maximum Gasteiger partial charge on any atom is 0.227 e. The van der Waals surface area contributed by atoms with Crippen molar-refractivity contribution in [2.45, 2.75) is 0 Å². The van der Waals surface area contributed by atoms with Crippen molar-refractivity contribution in [3.05, 3.63) is 146 Å². The zero-order valence-corrected chi connectivity index (χ0v) is 24.5. The zero-order valence-electron chi connectivity index (χ0n) is 24.5. The SMILES string of the molecule is c1ccc(-c2nc(-c3ccccc3)nc(-c3ccc4c(c3)oc3ccc(-c5cccc6oc(-c7ccccc7)nc56)cc34)n2)cc1. The van der Waals surface area contributed by atoms with Gasteiger partial charge in [0.15, 0.2) is 23.1 Å². The molecular formula is C40H24N4O2. The van der Waals surface area contributed by atoms with Crippen LogP contribution in [0.15, 0.2) is 154 Å². The van der Waals surface area contributed by atoms with Crippen LogP contribution in [0.1, 0.15) is 0 Å². The van der Waals surface area contributed by atoms with Gasteiger partial charge in [0.25, 0.3) is 0 Å². The van der Waals surface area contributed by atoms with E-state index in [2.05, 4.69) is 24.3 Å². The highest BCUT2D eigenvalue weighted by Crippen LogP contribution is 2.37. The number of benzene rings is 6. The Morgan fingerprint density at radius 3 is 1.63 bits per heavy atom. The number of rotatable bonds is 5. The molecular weight excluding hydrogens is 568 g/mol. The van der Waals surface area contributed by atoms with Crippen molar-refractivity contribution < 1.29 is 8.83 Å². The van der Waals surface area contributed by atoms with Crippen molar-refractivity contribution in [1.82, 2.24) is 19.9 Å². The molecule has 46 heavy (non-hydrogen) atoms. The van der Waals surface area contributed by atoms with Gasteiger partial charge in [-0.15, -0.1) is 0 Å². The molecule has 0 spiro atoms. The molecule has 0 amide bonds. The first kappa shape index (κ1) is 26.0. The Bertz CT molecular complexity index is 2460. The molecule has 0 atom stereocenters. The number of fused-ring (bicyclic) bond motifs is 4. The van der Waals surface area contributed by atoms with E-state index >= 15 is 0 Å². The van der Waals surface area contributed by atoms with Gasteiger partial charge in [0.1, 0.15) is 16.7 Å². The van der Waals surface area contributed by atoms with Gasteiger partial charge in [0.05, 0.1) is 0 Å². The average Bonchev–Trinajstić information content (AvgIpc) is 3.74. The molecule has 0 saturated heterocycles. The summed E-state index contributed by atoms with van der Waals surface area (Å²) in [5.74, 6) is 2.43.